The molecule has 0 aromatic carbocycles. The summed E-state index contributed by atoms with van der Waals surface area (Å²) in [5.41, 5.74) is 6.06. The molecule has 0 radical (unpaired) electrons. The van der Waals surface area contributed by atoms with Crippen LogP contribution in [0.15, 0.2) is 28.6 Å². The first-order valence-corrected chi connectivity index (χ1v) is 8.89. The van der Waals surface area contributed by atoms with E-state index >= 15 is 0 Å². The number of thiazole rings is 1. The predicted molar refractivity (Wildman–Crippen MR) is 99.5 cm³/mol. The topological polar surface area (TPSA) is 114 Å². The van der Waals surface area contributed by atoms with E-state index in [2.05, 4.69) is 9.97 Å². The van der Waals surface area contributed by atoms with Crippen molar-refractivity contribution in [1.82, 2.24) is 14.5 Å². The quantitative estimate of drug-likeness (QED) is 0.715. The van der Waals surface area contributed by atoms with Gasteiger partial charge in [0.2, 0.25) is 5.43 Å². The van der Waals surface area contributed by atoms with Gasteiger partial charge in [-0.3, -0.25) is 9.36 Å². The zero-order valence-corrected chi connectivity index (χ0v) is 15.1. The summed E-state index contributed by atoms with van der Waals surface area (Å²) in [7, 11) is 0. The molecule has 1 aliphatic rings. The number of hydrogen-bond donors (Lipinski definition) is 2. The summed E-state index contributed by atoms with van der Waals surface area (Å²) in [5.74, 6) is -0.557. The van der Waals surface area contributed by atoms with Crippen molar-refractivity contribution in [1.29, 1.82) is 0 Å². The summed E-state index contributed by atoms with van der Waals surface area (Å²) in [6.45, 7) is 5.09. The van der Waals surface area contributed by atoms with Crippen LogP contribution in [0.1, 0.15) is 22.8 Å². The van der Waals surface area contributed by atoms with Crippen LogP contribution in [-0.4, -0.2) is 44.2 Å². The van der Waals surface area contributed by atoms with Crippen LogP contribution in [-0.2, 0) is 0 Å². The van der Waals surface area contributed by atoms with Crippen LogP contribution in [0.3, 0.4) is 0 Å². The molecule has 26 heavy (non-hydrogen) atoms. The molecule has 3 aromatic rings. The Labute approximate surface area is 152 Å². The SMILES string of the molecule is Cc1cc(N2CC(C)(N)C2)nc2c1c(=O)c(C(=O)O)cn2-c1nccs1. The van der Waals surface area contributed by atoms with Crippen molar-refractivity contribution in [2.45, 2.75) is 19.4 Å². The van der Waals surface area contributed by atoms with Gasteiger partial charge in [0.1, 0.15) is 11.4 Å². The zero-order valence-electron chi connectivity index (χ0n) is 14.3. The van der Waals surface area contributed by atoms with E-state index in [-0.39, 0.29) is 11.1 Å². The number of pyridine rings is 2. The fourth-order valence-electron chi connectivity index (χ4n) is 3.26. The van der Waals surface area contributed by atoms with Crippen molar-refractivity contribution in [3.05, 3.63) is 45.2 Å². The molecular formula is C17H17N5O3S. The van der Waals surface area contributed by atoms with Crippen molar-refractivity contribution in [2.24, 2.45) is 5.73 Å². The summed E-state index contributed by atoms with van der Waals surface area (Å²) >= 11 is 1.34. The largest absolute Gasteiger partial charge is 0.477 e. The van der Waals surface area contributed by atoms with E-state index in [1.165, 1.54) is 17.5 Å². The first kappa shape index (κ1) is 16.7. The highest BCUT2D eigenvalue weighted by molar-refractivity contribution is 7.12. The third kappa shape index (κ3) is 2.56. The summed E-state index contributed by atoms with van der Waals surface area (Å²) in [4.78, 5) is 35.1. The second-order valence-corrected chi connectivity index (χ2v) is 7.74. The van der Waals surface area contributed by atoms with E-state index in [1.54, 1.807) is 29.1 Å². The lowest BCUT2D eigenvalue weighted by Crippen LogP contribution is -2.65. The first-order valence-electron chi connectivity index (χ1n) is 8.01. The lowest BCUT2D eigenvalue weighted by atomic mass is 9.93. The van der Waals surface area contributed by atoms with Gasteiger partial charge in [0.25, 0.3) is 0 Å². The average Bonchev–Trinajstić information content (AvgIpc) is 3.06. The third-order valence-corrected chi connectivity index (χ3v) is 5.20. The van der Waals surface area contributed by atoms with Gasteiger partial charge in [-0.25, -0.2) is 14.8 Å². The molecular weight excluding hydrogens is 354 g/mol. The molecule has 0 amide bonds. The highest BCUT2D eigenvalue weighted by Gasteiger charge is 2.36. The average molecular weight is 371 g/mol. The molecule has 3 N–H and O–H groups in total. The predicted octanol–water partition coefficient (Wildman–Crippen LogP) is 1.39. The van der Waals surface area contributed by atoms with E-state index in [9.17, 15) is 14.7 Å². The standard InChI is InChI=1S/C17H17N5O3S/c1-9-5-11(21-7-17(2,18)8-21)20-14-12(9)13(23)10(15(24)25)6-22(14)16-19-3-4-26-16/h3-6H,7-8,18H2,1-2H3,(H,24,25). The summed E-state index contributed by atoms with van der Waals surface area (Å²) in [6.07, 6.45) is 2.92. The minimum Gasteiger partial charge on any atom is -0.477 e. The molecule has 1 fully saturated rings. The maximum atomic E-state index is 12.7. The number of nitrogens with zero attached hydrogens (tertiary/aromatic N) is 4. The minimum atomic E-state index is -1.27. The Kier molecular flexibility index (Phi) is 3.60. The summed E-state index contributed by atoms with van der Waals surface area (Å²) in [6, 6.07) is 1.80. The molecule has 134 valence electrons. The third-order valence-electron chi connectivity index (χ3n) is 4.43. The number of fused-ring (bicyclic) bond motifs is 1. The molecule has 1 saturated heterocycles. The van der Waals surface area contributed by atoms with Gasteiger partial charge >= 0.3 is 5.97 Å². The lowest BCUT2D eigenvalue weighted by Gasteiger charge is -2.46. The maximum Gasteiger partial charge on any atom is 0.341 e. The van der Waals surface area contributed by atoms with Crippen molar-refractivity contribution in [3.8, 4) is 5.13 Å². The number of hydrogen-bond acceptors (Lipinski definition) is 7. The van der Waals surface area contributed by atoms with Gasteiger partial charge in [0, 0.05) is 36.4 Å². The normalized spacial score (nSPS) is 15.9. The number of carboxylic acids is 1. The van der Waals surface area contributed by atoms with Crippen LogP contribution in [0.4, 0.5) is 5.82 Å². The van der Waals surface area contributed by atoms with Gasteiger partial charge in [0.05, 0.1) is 5.39 Å². The van der Waals surface area contributed by atoms with Crippen molar-refractivity contribution >= 4 is 34.2 Å². The smallest absolute Gasteiger partial charge is 0.341 e. The first-order chi connectivity index (χ1) is 12.3. The van der Waals surface area contributed by atoms with Crippen LogP contribution >= 0.6 is 11.3 Å². The maximum absolute atomic E-state index is 12.7. The monoisotopic (exact) mass is 371 g/mol. The number of carbonyl (C=O) groups is 1. The Morgan fingerprint density at radius 3 is 2.73 bits per heavy atom. The Morgan fingerprint density at radius 1 is 1.42 bits per heavy atom. The Morgan fingerprint density at radius 2 is 2.15 bits per heavy atom. The molecule has 4 rings (SSSR count). The molecule has 1 aliphatic heterocycles. The fourth-order valence-corrected chi connectivity index (χ4v) is 3.88. The summed E-state index contributed by atoms with van der Waals surface area (Å²) < 4.78 is 1.57. The second kappa shape index (κ2) is 5.61. The van der Waals surface area contributed by atoms with Gasteiger partial charge in [-0.05, 0) is 25.5 Å². The van der Waals surface area contributed by atoms with Crippen molar-refractivity contribution in [2.75, 3.05) is 18.0 Å². The van der Waals surface area contributed by atoms with Crippen LogP contribution in [0.5, 0.6) is 0 Å². The van der Waals surface area contributed by atoms with E-state index in [0.717, 1.165) is 0 Å². The molecule has 0 atom stereocenters. The molecule has 8 nitrogen and oxygen atoms in total. The van der Waals surface area contributed by atoms with Gasteiger partial charge in [-0.1, -0.05) is 0 Å². The van der Waals surface area contributed by atoms with Crippen molar-refractivity contribution < 1.29 is 9.90 Å². The molecule has 0 unspecified atom stereocenters. The van der Waals surface area contributed by atoms with E-state index in [0.29, 0.717) is 40.6 Å². The van der Waals surface area contributed by atoms with Crippen LogP contribution in [0, 0.1) is 6.92 Å². The molecule has 0 aliphatic carbocycles. The molecule has 0 bridgehead atoms. The highest BCUT2D eigenvalue weighted by atomic mass is 32.1. The molecule has 3 aromatic heterocycles. The van der Waals surface area contributed by atoms with Crippen LogP contribution in [0.25, 0.3) is 16.2 Å². The Balaban J connectivity index is 2.01. The second-order valence-electron chi connectivity index (χ2n) is 6.87. The number of anilines is 1. The van der Waals surface area contributed by atoms with E-state index in [4.69, 9.17) is 5.73 Å². The molecule has 0 spiro atoms. The number of aryl methyl sites for hydroxylation is 1. The number of rotatable bonds is 3. The summed E-state index contributed by atoms with van der Waals surface area (Å²) in [5, 5.41) is 12.0. The zero-order chi connectivity index (χ0) is 18.6. The fraction of sp³-hybridized carbons (Fsp3) is 0.294. The Hall–Kier alpha value is -2.78. The van der Waals surface area contributed by atoms with Crippen molar-refractivity contribution in [3.63, 3.8) is 0 Å². The Bertz CT molecular complexity index is 1080. The number of nitrogens with two attached hydrogens (primary N) is 1. The van der Waals surface area contributed by atoms with Gasteiger partial charge in [-0.2, -0.15) is 0 Å². The number of aromatic carboxylic acids is 1. The van der Waals surface area contributed by atoms with E-state index < -0.39 is 11.4 Å². The van der Waals surface area contributed by atoms with E-state index in [1.807, 2.05) is 11.8 Å². The van der Waals surface area contributed by atoms with Crippen LogP contribution in [0.2, 0.25) is 0 Å². The van der Waals surface area contributed by atoms with Gasteiger partial charge in [-0.15, -0.1) is 11.3 Å². The number of aromatic nitrogens is 3. The molecule has 9 heteroatoms. The van der Waals surface area contributed by atoms with Crippen LogP contribution < -0.4 is 16.1 Å². The van der Waals surface area contributed by atoms with Gasteiger partial charge < -0.3 is 15.7 Å². The van der Waals surface area contributed by atoms with Gasteiger partial charge in [0.15, 0.2) is 10.8 Å². The molecule has 4 heterocycles. The minimum absolute atomic E-state index is 0.257. The molecule has 0 saturated carbocycles. The lowest BCUT2D eigenvalue weighted by molar-refractivity contribution is 0.0695. The highest BCUT2D eigenvalue weighted by Crippen LogP contribution is 2.28. The number of carboxylic acid groups (broad SMARTS) is 1.